The van der Waals surface area contributed by atoms with Gasteiger partial charge in [0.15, 0.2) is 0 Å². The molecule has 0 saturated carbocycles. The van der Waals surface area contributed by atoms with Crippen LogP contribution in [-0.2, 0) is 14.8 Å². The lowest BCUT2D eigenvalue weighted by Crippen LogP contribution is -2.39. The molecule has 0 unspecified atom stereocenters. The van der Waals surface area contributed by atoms with Crippen molar-refractivity contribution in [2.45, 2.75) is 31.2 Å². The average molecular weight is 376 g/mol. The van der Waals surface area contributed by atoms with Crippen molar-refractivity contribution in [2.75, 3.05) is 17.5 Å². The number of amides is 1. The van der Waals surface area contributed by atoms with Crippen LogP contribution in [0.2, 0.25) is 0 Å². The molecule has 140 valence electrons. The topological polar surface area (TPSA) is 86.7 Å². The summed E-state index contributed by atoms with van der Waals surface area (Å²) >= 11 is 0. The number of nitrogens with zero attached hydrogens (tertiary/aromatic N) is 1. The molecule has 7 heteroatoms. The van der Waals surface area contributed by atoms with Crippen LogP contribution >= 0.6 is 0 Å². The van der Waals surface area contributed by atoms with E-state index in [0.29, 0.717) is 5.69 Å². The molecule has 0 fully saturated rings. The summed E-state index contributed by atoms with van der Waals surface area (Å²) in [4.78, 5) is 12.2. The molecule has 0 radical (unpaired) electrons. The van der Waals surface area contributed by atoms with Crippen molar-refractivity contribution in [1.82, 2.24) is 5.32 Å². The maximum Gasteiger partial charge on any atom is 0.264 e. The molecule has 0 aromatic heterocycles. The Morgan fingerprint density at radius 3 is 2.31 bits per heavy atom. The van der Waals surface area contributed by atoms with E-state index in [0.717, 1.165) is 5.56 Å². The lowest BCUT2D eigenvalue weighted by molar-refractivity contribution is -0.121. The maximum absolute atomic E-state index is 13.1. The highest BCUT2D eigenvalue weighted by molar-refractivity contribution is 7.92. The van der Waals surface area contributed by atoms with E-state index in [9.17, 15) is 13.2 Å². The minimum Gasteiger partial charge on any atom is -0.394 e. The van der Waals surface area contributed by atoms with E-state index in [1.54, 1.807) is 37.3 Å². The largest absolute Gasteiger partial charge is 0.394 e. The minimum atomic E-state index is -3.79. The van der Waals surface area contributed by atoms with Crippen LogP contribution in [0.4, 0.5) is 5.69 Å². The number of aliphatic hydroxyl groups is 1. The summed E-state index contributed by atoms with van der Waals surface area (Å²) in [5.41, 5.74) is 1.52. The Kier molecular flexibility index (Phi) is 6.76. The van der Waals surface area contributed by atoms with Crippen LogP contribution in [0.1, 0.15) is 18.9 Å². The van der Waals surface area contributed by atoms with E-state index in [2.05, 4.69) is 5.32 Å². The van der Waals surface area contributed by atoms with Gasteiger partial charge >= 0.3 is 0 Å². The molecule has 0 heterocycles. The molecule has 0 aliphatic rings. The summed E-state index contributed by atoms with van der Waals surface area (Å²) in [7, 11) is -3.79. The van der Waals surface area contributed by atoms with Crippen molar-refractivity contribution in [3.63, 3.8) is 0 Å². The summed E-state index contributed by atoms with van der Waals surface area (Å²) in [5, 5.41) is 11.6. The first-order chi connectivity index (χ1) is 12.3. The monoisotopic (exact) mass is 376 g/mol. The van der Waals surface area contributed by atoms with Gasteiger partial charge in [-0.1, -0.05) is 35.9 Å². The standard InChI is InChI=1S/C19H24N2O4S/c1-15-8-10-17(11-9-15)21(13-12-19(23)20-16(2)14-22)26(24,25)18-6-4-3-5-7-18/h3-11,16,22H,12-14H2,1-2H3,(H,20,23)/t16-/m1/s1. The maximum atomic E-state index is 13.1. The number of nitrogens with one attached hydrogen (secondary N) is 1. The molecule has 0 bridgehead atoms. The summed E-state index contributed by atoms with van der Waals surface area (Å²) < 4.78 is 27.4. The highest BCUT2D eigenvalue weighted by atomic mass is 32.2. The Labute approximate surface area is 154 Å². The molecule has 2 aromatic carbocycles. The van der Waals surface area contributed by atoms with Crippen LogP contribution in [0, 0.1) is 6.92 Å². The normalized spacial score (nSPS) is 12.4. The van der Waals surface area contributed by atoms with Gasteiger partial charge in [-0.2, -0.15) is 0 Å². The molecule has 1 atom stereocenters. The van der Waals surface area contributed by atoms with E-state index in [1.165, 1.54) is 16.4 Å². The second kappa shape index (κ2) is 8.82. The highest BCUT2D eigenvalue weighted by Gasteiger charge is 2.25. The minimum absolute atomic E-state index is 0.00424. The van der Waals surface area contributed by atoms with E-state index < -0.39 is 10.0 Å². The average Bonchev–Trinajstić information content (AvgIpc) is 2.63. The second-order valence-corrected chi connectivity index (χ2v) is 7.99. The van der Waals surface area contributed by atoms with Crippen molar-refractivity contribution in [3.8, 4) is 0 Å². The van der Waals surface area contributed by atoms with Crippen LogP contribution in [0.25, 0.3) is 0 Å². The van der Waals surface area contributed by atoms with Gasteiger partial charge < -0.3 is 10.4 Å². The Morgan fingerprint density at radius 2 is 1.73 bits per heavy atom. The predicted molar refractivity (Wildman–Crippen MR) is 101 cm³/mol. The van der Waals surface area contributed by atoms with Crippen molar-refractivity contribution < 1.29 is 18.3 Å². The number of hydrogen-bond acceptors (Lipinski definition) is 4. The van der Waals surface area contributed by atoms with E-state index in [4.69, 9.17) is 5.11 Å². The molecule has 26 heavy (non-hydrogen) atoms. The summed E-state index contributed by atoms with van der Waals surface area (Å²) in [6, 6.07) is 14.9. The Morgan fingerprint density at radius 1 is 1.12 bits per heavy atom. The molecular weight excluding hydrogens is 352 g/mol. The number of aliphatic hydroxyl groups excluding tert-OH is 1. The van der Waals surface area contributed by atoms with Gasteiger partial charge in [-0.15, -0.1) is 0 Å². The van der Waals surface area contributed by atoms with Gasteiger partial charge in [-0.05, 0) is 38.1 Å². The fraction of sp³-hybridized carbons (Fsp3) is 0.316. The molecule has 2 aromatic rings. The molecule has 0 saturated heterocycles. The number of anilines is 1. The number of rotatable bonds is 8. The van der Waals surface area contributed by atoms with Crippen LogP contribution in [-0.4, -0.2) is 38.6 Å². The first-order valence-electron chi connectivity index (χ1n) is 8.39. The lowest BCUT2D eigenvalue weighted by Gasteiger charge is -2.25. The van der Waals surface area contributed by atoms with Gasteiger partial charge in [0.05, 0.1) is 17.2 Å². The third kappa shape index (κ3) is 5.06. The molecule has 2 rings (SSSR count). The predicted octanol–water partition coefficient (Wildman–Crippen LogP) is 2.08. The van der Waals surface area contributed by atoms with Gasteiger partial charge in [-0.25, -0.2) is 8.42 Å². The quantitative estimate of drug-likeness (QED) is 0.738. The van der Waals surface area contributed by atoms with Crippen molar-refractivity contribution in [2.24, 2.45) is 0 Å². The molecule has 0 spiro atoms. The number of aryl methyl sites for hydroxylation is 1. The fourth-order valence-electron chi connectivity index (χ4n) is 2.41. The molecule has 0 aliphatic carbocycles. The van der Waals surface area contributed by atoms with Gasteiger partial charge in [-0.3, -0.25) is 9.10 Å². The van der Waals surface area contributed by atoms with Gasteiger partial charge in [0.25, 0.3) is 10.0 Å². The first kappa shape index (κ1) is 19.9. The van der Waals surface area contributed by atoms with Gasteiger partial charge in [0.1, 0.15) is 0 Å². The zero-order valence-corrected chi connectivity index (χ0v) is 15.7. The Bertz CT molecular complexity index is 820. The zero-order chi connectivity index (χ0) is 19.2. The smallest absolute Gasteiger partial charge is 0.264 e. The van der Waals surface area contributed by atoms with Crippen LogP contribution in [0.15, 0.2) is 59.5 Å². The van der Waals surface area contributed by atoms with Crippen LogP contribution in [0.5, 0.6) is 0 Å². The third-order valence-corrected chi connectivity index (χ3v) is 5.72. The lowest BCUT2D eigenvalue weighted by atomic mass is 10.2. The third-order valence-electron chi connectivity index (χ3n) is 3.88. The van der Waals surface area contributed by atoms with Crippen molar-refractivity contribution >= 4 is 21.6 Å². The number of benzene rings is 2. The van der Waals surface area contributed by atoms with Gasteiger partial charge in [0.2, 0.25) is 5.91 Å². The fourth-order valence-corrected chi connectivity index (χ4v) is 3.90. The molecule has 0 aliphatic heterocycles. The highest BCUT2D eigenvalue weighted by Crippen LogP contribution is 2.24. The van der Waals surface area contributed by atoms with E-state index in [1.807, 2.05) is 19.1 Å². The number of hydrogen-bond donors (Lipinski definition) is 2. The molecule has 6 nitrogen and oxygen atoms in total. The van der Waals surface area contributed by atoms with Crippen LogP contribution < -0.4 is 9.62 Å². The zero-order valence-electron chi connectivity index (χ0n) is 14.9. The molecule has 1 amide bonds. The van der Waals surface area contributed by atoms with Crippen LogP contribution in [0.3, 0.4) is 0 Å². The number of sulfonamides is 1. The number of carbonyl (C=O) groups is 1. The second-order valence-electron chi connectivity index (χ2n) is 6.13. The van der Waals surface area contributed by atoms with Crippen molar-refractivity contribution in [3.05, 3.63) is 60.2 Å². The molecular formula is C19H24N2O4S. The Balaban J connectivity index is 2.28. The summed E-state index contributed by atoms with van der Waals surface area (Å²) in [6.07, 6.45) is -0.00964. The summed E-state index contributed by atoms with van der Waals surface area (Å²) in [5.74, 6) is -0.313. The summed E-state index contributed by atoms with van der Waals surface area (Å²) in [6.45, 7) is 3.43. The molecule has 2 N–H and O–H groups in total. The van der Waals surface area contributed by atoms with E-state index in [-0.39, 0.29) is 36.4 Å². The Hall–Kier alpha value is -2.38. The van der Waals surface area contributed by atoms with E-state index >= 15 is 0 Å². The first-order valence-corrected chi connectivity index (χ1v) is 9.83. The number of carbonyl (C=O) groups excluding carboxylic acids is 1. The van der Waals surface area contributed by atoms with Crippen molar-refractivity contribution in [1.29, 1.82) is 0 Å². The SMILES string of the molecule is Cc1ccc(N(CCC(=O)N[C@H](C)CO)S(=O)(=O)c2ccccc2)cc1. The van der Waals surface area contributed by atoms with Gasteiger partial charge in [0, 0.05) is 19.0 Å².